The molecule has 0 aliphatic carbocycles. The maximum absolute atomic E-state index is 13.5. The Balaban J connectivity index is 1.69. The number of aromatic nitrogens is 1. The lowest BCUT2D eigenvalue weighted by Gasteiger charge is -2.28. The standard InChI is InChI=1S/C17H18FN3O/c18-14-6-2-3-7-15(14)20-17(22)16-9-8-13(12-19-16)21-10-4-1-5-11-21/h2-3,6-9,12H,1,4-5,10-11H2,(H,20,22). The molecule has 1 aliphatic rings. The van der Waals surface area contributed by atoms with Crippen molar-refractivity contribution in [2.45, 2.75) is 19.3 Å². The highest BCUT2D eigenvalue weighted by atomic mass is 19.1. The first kappa shape index (κ1) is 14.5. The summed E-state index contributed by atoms with van der Waals surface area (Å²) < 4.78 is 13.5. The van der Waals surface area contributed by atoms with Crippen molar-refractivity contribution < 1.29 is 9.18 Å². The van der Waals surface area contributed by atoms with Crippen LogP contribution in [0, 0.1) is 5.82 Å². The third-order valence-electron chi connectivity index (χ3n) is 3.82. The van der Waals surface area contributed by atoms with Gasteiger partial charge >= 0.3 is 0 Å². The van der Waals surface area contributed by atoms with Gasteiger partial charge in [0, 0.05) is 13.1 Å². The normalized spacial score (nSPS) is 14.7. The molecule has 1 aliphatic heterocycles. The fourth-order valence-corrected chi connectivity index (χ4v) is 2.61. The molecule has 1 aromatic heterocycles. The molecule has 1 saturated heterocycles. The van der Waals surface area contributed by atoms with Crippen LogP contribution in [0.3, 0.4) is 0 Å². The van der Waals surface area contributed by atoms with Gasteiger partial charge in [-0.2, -0.15) is 0 Å². The van der Waals surface area contributed by atoms with Gasteiger partial charge in [0.25, 0.3) is 5.91 Å². The SMILES string of the molecule is O=C(Nc1ccccc1F)c1ccc(N2CCCCC2)cn1. The van der Waals surface area contributed by atoms with Gasteiger partial charge in [-0.15, -0.1) is 0 Å². The molecule has 2 aromatic rings. The maximum atomic E-state index is 13.5. The van der Waals surface area contributed by atoms with Gasteiger partial charge in [0.15, 0.2) is 0 Å². The van der Waals surface area contributed by atoms with Gasteiger partial charge in [-0.1, -0.05) is 12.1 Å². The van der Waals surface area contributed by atoms with E-state index in [0.29, 0.717) is 0 Å². The summed E-state index contributed by atoms with van der Waals surface area (Å²) in [6, 6.07) is 9.66. The van der Waals surface area contributed by atoms with E-state index >= 15 is 0 Å². The van der Waals surface area contributed by atoms with Crippen LogP contribution in [0.2, 0.25) is 0 Å². The molecule has 0 unspecified atom stereocenters. The Hall–Kier alpha value is -2.43. The number of hydrogen-bond acceptors (Lipinski definition) is 3. The number of halogens is 1. The minimum atomic E-state index is -0.458. The van der Waals surface area contributed by atoms with Gasteiger partial charge in [-0.25, -0.2) is 9.37 Å². The van der Waals surface area contributed by atoms with Crippen LogP contribution in [-0.2, 0) is 0 Å². The second kappa shape index (κ2) is 6.56. The molecule has 1 amide bonds. The molecular formula is C17H18FN3O. The van der Waals surface area contributed by atoms with Crippen molar-refractivity contribution in [2.75, 3.05) is 23.3 Å². The van der Waals surface area contributed by atoms with E-state index in [1.54, 1.807) is 24.4 Å². The number of piperidine rings is 1. The molecule has 1 aromatic carbocycles. The second-order valence-corrected chi connectivity index (χ2v) is 5.38. The molecule has 0 saturated carbocycles. The Morgan fingerprint density at radius 2 is 1.86 bits per heavy atom. The van der Waals surface area contributed by atoms with Crippen molar-refractivity contribution in [2.24, 2.45) is 0 Å². The van der Waals surface area contributed by atoms with Crippen LogP contribution < -0.4 is 10.2 Å². The fraction of sp³-hybridized carbons (Fsp3) is 0.294. The van der Waals surface area contributed by atoms with Gasteiger partial charge in [-0.05, 0) is 43.5 Å². The van der Waals surface area contributed by atoms with E-state index in [4.69, 9.17) is 0 Å². The highest BCUT2D eigenvalue weighted by Gasteiger charge is 2.13. The molecule has 0 atom stereocenters. The van der Waals surface area contributed by atoms with Gasteiger partial charge in [-0.3, -0.25) is 4.79 Å². The molecule has 2 heterocycles. The zero-order valence-electron chi connectivity index (χ0n) is 12.3. The fourth-order valence-electron chi connectivity index (χ4n) is 2.61. The van der Waals surface area contributed by atoms with E-state index in [1.165, 1.54) is 31.4 Å². The number of para-hydroxylation sites is 1. The smallest absolute Gasteiger partial charge is 0.274 e. The van der Waals surface area contributed by atoms with Crippen LogP contribution in [0.15, 0.2) is 42.6 Å². The minimum Gasteiger partial charge on any atom is -0.370 e. The number of carbonyl (C=O) groups excluding carboxylic acids is 1. The number of carbonyl (C=O) groups is 1. The summed E-state index contributed by atoms with van der Waals surface area (Å²) in [7, 11) is 0. The van der Waals surface area contributed by atoms with Crippen LogP contribution in [0.4, 0.5) is 15.8 Å². The summed E-state index contributed by atoms with van der Waals surface area (Å²) in [6.07, 6.45) is 5.36. The predicted molar refractivity (Wildman–Crippen MR) is 84.7 cm³/mol. The molecule has 4 nitrogen and oxygen atoms in total. The van der Waals surface area contributed by atoms with Gasteiger partial charge in [0.1, 0.15) is 11.5 Å². The highest BCUT2D eigenvalue weighted by molar-refractivity contribution is 6.03. The van der Waals surface area contributed by atoms with E-state index < -0.39 is 11.7 Å². The molecule has 1 N–H and O–H groups in total. The Labute approximate surface area is 129 Å². The molecule has 22 heavy (non-hydrogen) atoms. The molecule has 114 valence electrons. The van der Waals surface area contributed by atoms with Gasteiger partial charge in [0.05, 0.1) is 17.6 Å². The van der Waals surface area contributed by atoms with Crippen LogP contribution in [0.5, 0.6) is 0 Å². The van der Waals surface area contributed by atoms with E-state index in [2.05, 4.69) is 15.2 Å². The summed E-state index contributed by atoms with van der Waals surface area (Å²) >= 11 is 0. The number of pyridine rings is 1. The summed E-state index contributed by atoms with van der Waals surface area (Å²) in [6.45, 7) is 2.06. The zero-order valence-corrected chi connectivity index (χ0v) is 12.3. The molecule has 3 rings (SSSR count). The number of anilines is 2. The third kappa shape index (κ3) is 3.24. The Kier molecular flexibility index (Phi) is 4.32. The monoisotopic (exact) mass is 299 g/mol. The molecule has 0 spiro atoms. The topological polar surface area (TPSA) is 45.2 Å². The number of rotatable bonds is 3. The van der Waals surface area contributed by atoms with Crippen molar-refractivity contribution in [3.8, 4) is 0 Å². The van der Waals surface area contributed by atoms with Crippen LogP contribution in [0.1, 0.15) is 29.8 Å². The number of benzene rings is 1. The van der Waals surface area contributed by atoms with Crippen LogP contribution >= 0.6 is 0 Å². The Morgan fingerprint density at radius 1 is 1.09 bits per heavy atom. The highest BCUT2D eigenvalue weighted by Crippen LogP contribution is 2.19. The van der Waals surface area contributed by atoms with Crippen molar-refractivity contribution >= 4 is 17.3 Å². The molecular weight excluding hydrogens is 281 g/mol. The predicted octanol–water partition coefficient (Wildman–Crippen LogP) is 3.46. The van der Waals surface area contributed by atoms with Crippen molar-refractivity contribution in [1.82, 2.24) is 4.98 Å². The first-order valence-corrected chi connectivity index (χ1v) is 7.51. The lowest BCUT2D eigenvalue weighted by atomic mass is 10.1. The van der Waals surface area contributed by atoms with Crippen molar-refractivity contribution in [3.63, 3.8) is 0 Å². The number of nitrogens with one attached hydrogen (secondary N) is 1. The molecule has 5 heteroatoms. The number of nitrogens with zero attached hydrogens (tertiary/aromatic N) is 2. The van der Waals surface area contributed by atoms with E-state index in [9.17, 15) is 9.18 Å². The Morgan fingerprint density at radius 3 is 2.55 bits per heavy atom. The lowest BCUT2D eigenvalue weighted by molar-refractivity contribution is 0.102. The minimum absolute atomic E-state index is 0.161. The quantitative estimate of drug-likeness (QED) is 0.944. The maximum Gasteiger partial charge on any atom is 0.274 e. The molecule has 1 fully saturated rings. The average Bonchev–Trinajstić information content (AvgIpc) is 2.58. The first-order chi connectivity index (χ1) is 10.7. The number of hydrogen-bond donors (Lipinski definition) is 1. The van der Waals surface area contributed by atoms with E-state index in [1.807, 2.05) is 6.07 Å². The van der Waals surface area contributed by atoms with E-state index in [-0.39, 0.29) is 11.4 Å². The largest absolute Gasteiger partial charge is 0.370 e. The lowest BCUT2D eigenvalue weighted by Crippen LogP contribution is -2.29. The van der Waals surface area contributed by atoms with Crippen LogP contribution in [-0.4, -0.2) is 24.0 Å². The first-order valence-electron chi connectivity index (χ1n) is 7.51. The number of amides is 1. The Bertz CT molecular complexity index is 651. The second-order valence-electron chi connectivity index (χ2n) is 5.38. The zero-order chi connectivity index (χ0) is 15.4. The summed E-state index contributed by atoms with van der Waals surface area (Å²) in [5, 5.41) is 2.54. The van der Waals surface area contributed by atoms with Crippen molar-refractivity contribution in [3.05, 3.63) is 54.1 Å². The summed E-state index contributed by atoms with van der Waals surface area (Å²) in [5.74, 6) is -0.865. The molecule has 0 bridgehead atoms. The molecule has 0 radical (unpaired) electrons. The van der Waals surface area contributed by atoms with Gasteiger partial charge < -0.3 is 10.2 Å². The van der Waals surface area contributed by atoms with Gasteiger partial charge in [0.2, 0.25) is 0 Å². The third-order valence-corrected chi connectivity index (χ3v) is 3.82. The van der Waals surface area contributed by atoms with Crippen molar-refractivity contribution in [1.29, 1.82) is 0 Å². The summed E-state index contributed by atoms with van der Waals surface area (Å²) in [4.78, 5) is 18.6. The van der Waals surface area contributed by atoms with E-state index in [0.717, 1.165) is 18.8 Å². The average molecular weight is 299 g/mol. The summed E-state index contributed by atoms with van der Waals surface area (Å²) in [5.41, 5.74) is 1.47. The van der Waals surface area contributed by atoms with Crippen LogP contribution in [0.25, 0.3) is 0 Å².